The minimum atomic E-state index is -3.80. The number of pyridine rings is 1. The molecule has 0 spiro atoms. The van der Waals surface area contributed by atoms with E-state index in [-0.39, 0.29) is 35.9 Å². The fourth-order valence-electron chi connectivity index (χ4n) is 4.96. The Bertz CT molecular complexity index is 1360. The number of fused-ring (bicyclic) bond motifs is 1. The van der Waals surface area contributed by atoms with Crippen LogP contribution in [0, 0.1) is 11.7 Å². The molecule has 0 bridgehead atoms. The van der Waals surface area contributed by atoms with Crippen LogP contribution in [0.2, 0.25) is 0 Å². The zero-order valence-electron chi connectivity index (χ0n) is 20.1. The Morgan fingerprint density at radius 1 is 1.11 bits per heavy atom. The second-order valence-corrected chi connectivity index (χ2v) is 10.9. The van der Waals surface area contributed by atoms with Crippen LogP contribution >= 0.6 is 0 Å². The molecule has 2 aliphatic rings. The molecule has 2 aliphatic heterocycles. The molecule has 5 rings (SSSR count). The highest BCUT2D eigenvalue weighted by atomic mass is 32.2. The van der Waals surface area contributed by atoms with Crippen LogP contribution in [-0.4, -0.2) is 91.1 Å². The number of ether oxygens (including phenoxy) is 1. The van der Waals surface area contributed by atoms with Crippen molar-refractivity contribution in [3.63, 3.8) is 0 Å². The van der Waals surface area contributed by atoms with Gasteiger partial charge in [-0.25, -0.2) is 17.8 Å². The molecule has 1 aromatic carbocycles. The molecule has 10 nitrogen and oxygen atoms in total. The number of piperazine rings is 1. The van der Waals surface area contributed by atoms with Crippen LogP contribution in [-0.2, 0) is 26.1 Å². The molecule has 0 N–H and O–H groups in total. The summed E-state index contributed by atoms with van der Waals surface area (Å²) in [7, 11) is -2.25. The second-order valence-electron chi connectivity index (χ2n) is 9.05. The molecule has 0 saturated carbocycles. The van der Waals surface area contributed by atoms with E-state index in [0.717, 1.165) is 11.1 Å². The molecule has 192 valence electrons. The van der Waals surface area contributed by atoms with Gasteiger partial charge in [-0.15, -0.1) is 0 Å². The van der Waals surface area contributed by atoms with Gasteiger partial charge in [-0.05, 0) is 24.6 Å². The number of imidazole rings is 1. The molecule has 0 unspecified atom stereocenters. The number of methoxy groups -OCH3 is 1. The lowest BCUT2D eigenvalue weighted by Gasteiger charge is -2.37. The Morgan fingerprint density at radius 2 is 1.92 bits per heavy atom. The van der Waals surface area contributed by atoms with Gasteiger partial charge in [-0.2, -0.15) is 4.31 Å². The largest absolute Gasteiger partial charge is 0.383 e. The van der Waals surface area contributed by atoms with Gasteiger partial charge in [0.1, 0.15) is 5.82 Å². The first-order valence-electron chi connectivity index (χ1n) is 12.0. The highest BCUT2D eigenvalue weighted by Gasteiger charge is 2.39. The third-order valence-corrected chi connectivity index (χ3v) is 8.71. The number of hydrogen-bond acceptors (Lipinski definition) is 7. The molecule has 36 heavy (non-hydrogen) atoms. The van der Waals surface area contributed by atoms with Gasteiger partial charge < -0.3 is 19.1 Å². The smallest absolute Gasteiger partial charge is 0.277 e. The zero-order chi connectivity index (χ0) is 25.3. The number of benzene rings is 1. The lowest BCUT2D eigenvalue weighted by Crippen LogP contribution is -2.50. The van der Waals surface area contributed by atoms with Gasteiger partial charge in [-0.1, -0.05) is 0 Å². The first-order chi connectivity index (χ1) is 17.4. The van der Waals surface area contributed by atoms with Crippen molar-refractivity contribution in [2.45, 2.75) is 18.1 Å². The van der Waals surface area contributed by atoms with Gasteiger partial charge in [0.15, 0.2) is 0 Å². The lowest BCUT2D eigenvalue weighted by atomic mass is 10.1. The molecule has 2 fully saturated rings. The summed E-state index contributed by atoms with van der Waals surface area (Å²) in [6, 6.07) is 6.49. The maximum atomic E-state index is 13.6. The van der Waals surface area contributed by atoms with Crippen LogP contribution in [0.3, 0.4) is 0 Å². The van der Waals surface area contributed by atoms with Crippen molar-refractivity contribution >= 4 is 32.5 Å². The molecule has 2 saturated heterocycles. The fraction of sp³-hybridized carbons (Fsp3) is 0.458. The van der Waals surface area contributed by atoms with E-state index >= 15 is 0 Å². The molecule has 12 heteroatoms. The maximum Gasteiger partial charge on any atom is 0.277 e. The summed E-state index contributed by atoms with van der Waals surface area (Å²) in [6.45, 7) is 3.53. The average Bonchev–Trinajstić information content (AvgIpc) is 3.57. The normalized spacial score (nSPS) is 19.3. The van der Waals surface area contributed by atoms with E-state index in [1.807, 2.05) is 11.0 Å². The number of amides is 1. The molecule has 2 aromatic heterocycles. The number of hydrogen-bond donors (Lipinski definition) is 0. The molecular weight excluding hydrogens is 487 g/mol. The first-order valence-corrected chi connectivity index (χ1v) is 13.4. The number of carbonyl (C=O) groups is 1. The Labute approximate surface area is 209 Å². The van der Waals surface area contributed by atoms with Gasteiger partial charge in [0.25, 0.3) is 10.0 Å². The Kier molecular flexibility index (Phi) is 6.91. The third-order valence-electron chi connectivity index (χ3n) is 6.90. The quantitative estimate of drug-likeness (QED) is 0.470. The summed E-state index contributed by atoms with van der Waals surface area (Å²) in [4.78, 5) is 25.6. The monoisotopic (exact) mass is 516 g/mol. The molecule has 3 aromatic rings. The van der Waals surface area contributed by atoms with Crippen molar-refractivity contribution < 1.29 is 22.3 Å². The van der Waals surface area contributed by atoms with Gasteiger partial charge in [0, 0.05) is 88.7 Å². The minimum absolute atomic E-state index is 0.0169. The van der Waals surface area contributed by atoms with Crippen LogP contribution in [0.25, 0.3) is 10.9 Å². The minimum Gasteiger partial charge on any atom is -0.383 e. The van der Waals surface area contributed by atoms with E-state index in [0.29, 0.717) is 51.3 Å². The van der Waals surface area contributed by atoms with Crippen molar-refractivity contribution in [3.05, 3.63) is 48.7 Å². The lowest BCUT2D eigenvalue weighted by molar-refractivity contribution is -0.135. The fourth-order valence-corrected chi connectivity index (χ4v) is 6.56. The highest BCUT2D eigenvalue weighted by molar-refractivity contribution is 7.89. The predicted octanol–water partition coefficient (Wildman–Crippen LogP) is 1.58. The van der Waals surface area contributed by atoms with Crippen molar-refractivity contribution in [3.8, 4) is 0 Å². The molecule has 0 aliphatic carbocycles. The second kappa shape index (κ2) is 10.1. The molecule has 0 radical (unpaired) electrons. The van der Waals surface area contributed by atoms with Crippen molar-refractivity contribution in [2.75, 3.05) is 57.9 Å². The number of carbonyl (C=O) groups excluding carboxylic acids is 1. The first kappa shape index (κ1) is 24.6. The molecule has 1 amide bonds. The van der Waals surface area contributed by atoms with Gasteiger partial charge in [-0.3, -0.25) is 9.78 Å². The van der Waals surface area contributed by atoms with Crippen molar-refractivity contribution in [1.82, 2.24) is 23.7 Å². The molecule has 1 atom stereocenters. The standard InChI is InChI=1S/C24H29FN6O4S/c1-35-15-14-30-9-7-27-24(30)36(33,34)31-8-5-18(17-31)23(32)29-12-10-28(11-13-29)22-4-6-26-21-16-19(25)2-3-20(21)22/h2-4,6-7,9,16,18H,5,8,10-15,17H2,1H3/t18-/m0/s1. The maximum absolute atomic E-state index is 13.6. The summed E-state index contributed by atoms with van der Waals surface area (Å²) < 4.78 is 48.0. The highest BCUT2D eigenvalue weighted by Crippen LogP contribution is 2.29. The predicted molar refractivity (Wildman–Crippen MR) is 131 cm³/mol. The van der Waals surface area contributed by atoms with E-state index in [1.165, 1.54) is 22.6 Å². The third kappa shape index (κ3) is 4.67. The van der Waals surface area contributed by atoms with Crippen LogP contribution in [0.1, 0.15) is 6.42 Å². The van der Waals surface area contributed by atoms with E-state index in [4.69, 9.17) is 4.74 Å². The van der Waals surface area contributed by atoms with E-state index < -0.39 is 10.0 Å². The van der Waals surface area contributed by atoms with Crippen LogP contribution in [0.15, 0.2) is 48.0 Å². The molecule has 4 heterocycles. The summed E-state index contributed by atoms with van der Waals surface area (Å²) in [6.07, 6.45) is 5.23. The van der Waals surface area contributed by atoms with Crippen LogP contribution in [0.5, 0.6) is 0 Å². The SMILES string of the molecule is COCCn1ccnc1S(=O)(=O)N1CC[C@H](C(=O)N2CCN(c3ccnc4cc(F)ccc34)CC2)C1. The van der Waals surface area contributed by atoms with Crippen molar-refractivity contribution in [2.24, 2.45) is 5.92 Å². The van der Waals surface area contributed by atoms with Crippen molar-refractivity contribution in [1.29, 1.82) is 0 Å². The number of sulfonamides is 1. The Balaban J connectivity index is 1.21. The number of halogens is 1. The average molecular weight is 517 g/mol. The summed E-state index contributed by atoms with van der Waals surface area (Å²) in [5.74, 6) is -0.718. The number of aromatic nitrogens is 3. The van der Waals surface area contributed by atoms with Gasteiger partial charge >= 0.3 is 0 Å². The Morgan fingerprint density at radius 3 is 2.69 bits per heavy atom. The van der Waals surface area contributed by atoms with E-state index in [1.54, 1.807) is 30.1 Å². The Hall–Kier alpha value is -3.09. The summed E-state index contributed by atoms with van der Waals surface area (Å²) in [5, 5.41) is 0.852. The summed E-state index contributed by atoms with van der Waals surface area (Å²) in [5.41, 5.74) is 1.57. The van der Waals surface area contributed by atoms with E-state index in [9.17, 15) is 17.6 Å². The topological polar surface area (TPSA) is 101 Å². The van der Waals surface area contributed by atoms with Gasteiger partial charge in [0.2, 0.25) is 11.1 Å². The van der Waals surface area contributed by atoms with E-state index in [2.05, 4.69) is 14.9 Å². The number of rotatable bonds is 7. The number of anilines is 1. The summed E-state index contributed by atoms with van der Waals surface area (Å²) >= 11 is 0. The number of nitrogens with zero attached hydrogens (tertiary/aromatic N) is 6. The van der Waals surface area contributed by atoms with Crippen LogP contribution < -0.4 is 4.90 Å². The molecular formula is C24H29FN6O4S. The van der Waals surface area contributed by atoms with Gasteiger partial charge in [0.05, 0.1) is 18.0 Å². The zero-order valence-corrected chi connectivity index (χ0v) is 20.9. The van der Waals surface area contributed by atoms with Crippen LogP contribution in [0.4, 0.5) is 10.1 Å².